The summed E-state index contributed by atoms with van der Waals surface area (Å²) in [5.41, 5.74) is 0.0191. The van der Waals surface area contributed by atoms with Crippen LogP contribution in [-0.4, -0.2) is 25.5 Å². The molecule has 70 valence electrons. The second-order valence-electron chi connectivity index (χ2n) is 3.54. The van der Waals surface area contributed by atoms with E-state index in [4.69, 9.17) is 0 Å². The molecule has 0 aromatic rings. The third-order valence-corrected chi connectivity index (χ3v) is 2.93. The standard InChI is InChI=1S/C8H14N2O.ClH/c11-7-8(3-6-10-7)1-4-9-5-2-8;/h9H,1-6H2,(H,10,11);1H. The third kappa shape index (κ3) is 1.43. The van der Waals surface area contributed by atoms with Gasteiger partial charge in [-0.05, 0) is 32.4 Å². The Morgan fingerprint density at radius 1 is 1.17 bits per heavy atom. The van der Waals surface area contributed by atoms with E-state index in [1.54, 1.807) is 0 Å². The Morgan fingerprint density at radius 2 is 1.75 bits per heavy atom. The monoisotopic (exact) mass is 190 g/mol. The number of amides is 1. The van der Waals surface area contributed by atoms with Crippen LogP contribution in [-0.2, 0) is 4.79 Å². The molecule has 3 nitrogen and oxygen atoms in total. The summed E-state index contributed by atoms with van der Waals surface area (Å²) in [5, 5.41) is 6.19. The molecule has 2 saturated heterocycles. The van der Waals surface area contributed by atoms with Crippen molar-refractivity contribution in [3.8, 4) is 0 Å². The molecule has 0 aromatic carbocycles. The van der Waals surface area contributed by atoms with E-state index in [2.05, 4.69) is 10.6 Å². The second kappa shape index (κ2) is 3.62. The van der Waals surface area contributed by atoms with Crippen LogP contribution in [0.5, 0.6) is 0 Å². The van der Waals surface area contributed by atoms with Gasteiger partial charge in [0, 0.05) is 6.54 Å². The van der Waals surface area contributed by atoms with Crippen molar-refractivity contribution in [2.75, 3.05) is 19.6 Å². The molecule has 2 rings (SSSR count). The van der Waals surface area contributed by atoms with Gasteiger partial charge in [-0.3, -0.25) is 4.79 Å². The Labute approximate surface area is 80.2 Å². The van der Waals surface area contributed by atoms with Gasteiger partial charge in [0.2, 0.25) is 5.91 Å². The van der Waals surface area contributed by atoms with Crippen molar-refractivity contribution in [1.29, 1.82) is 0 Å². The predicted octanol–water partition coefficient (Wildman–Crippen LogP) is -3.01. The Morgan fingerprint density at radius 3 is 2.25 bits per heavy atom. The molecule has 0 radical (unpaired) electrons. The van der Waals surface area contributed by atoms with Gasteiger partial charge in [0.1, 0.15) is 0 Å². The first-order chi connectivity index (χ1) is 5.33. The van der Waals surface area contributed by atoms with Gasteiger partial charge in [-0.1, -0.05) is 0 Å². The van der Waals surface area contributed by atoms with Crippen LogP contribution in [0.4, 0.5) is 0 Å². The Balaban J connectivity index is 0.000000720. The van der Waals surface area contributed by atoms with Gasteiger partial charge in [0.05, 0.1) is 5.41 Å². The van der Waals surface area contributed by atoms with Crippen LogP contribution in [0, 0.1) is 5.41 Å². The van der Waals surface area contributed by atoms with Crippen LogP contribution in [0.1, 0.15) is 20.7 Å². The van der Waals surface area contributed by atoms with Gasteiger partial charge in [-0.2, -0.15) is 0 Å². The van der Waals surface area contributed by atoms with E-state index >= 15 is 0 Å². The zero-order valence-electron chi connectivity index (χ0n) is 8.03. The van der Waals surface area contributed by atoms with Crippen molar-refractivity contribution < 1.29 is 18.6 Å². The summed E-state index contributed by atoms with van der Waals surface area (Å²) >= 11 is 0. The maximum atomic E-state index is 11.4. The summed E-state index contributed by atoms with van der Waals surface area (Å²) in [5.74, 6) is 0.291. The number of carbonyl (C=O) groups is 1. The quantitative estimate of drug-likeness (QED) is 0.428. The lowest BCUT2D eigenvalue weighted by atomic mass is 9.78. The second-order valence-corrected chi connectivity index (χ2v) is 3.54. The van der Waals surface area contributed by atoms with Crippen LogP contribution in [0.15, 0.2) is 0 Å². The fourth-order valence-corrected chi connectivity index (χ4v) is 2.10. The van der Waals surface area contributed by atoms with Gasteiger partial charge in [0.15, 0.2) is 0 Å². The lowest BCUT2D eigenvalue weighted by Gasteiger charge is -2.30. The summed E-state index contributed by atoms with van der Waals surface area (Å²) in [6, 6.07) is 0. The molecule has 2 aliphatic rings. The van der Waals surface area contributed by atoms with Gasteiger partial charge in [0.25, 0.3) is 0 Å². The van der Waals surface area contributed by atoms with Crippen LogP contribution >= 0.6 is 0 Å². The van der Waals surface area contributed by atoms with E-state index < -0.39 is 0 Å². The smallest absolute Gasteiger partial charge is 1.00 e. The summed E-state index contributed by atoms with van der Waals surface area (Å²) in [6.45, 7) is 2.90. The van der Waals surface area contributed by atoms with Crippen molar-refractivity contribution in [2.45, 2.75) is 19.3 Å². The minimum absolute atomic E-state index is 0. The van der Waals surface area contributed by atoms with E-state index in [-0.39, 0.29) is 19.2 Å². The van der Waals surface area contributed by atoms with Crippen molar-refractivity contribution in [3.05, 3.63) is 0 Å². The molecule has 2 aliphatic heterocycles. The van der Waals surface area contributed by atoms with Gasteiger partial charge in [-0.25, -0.2) is 0 Å². The lowest BCUT2D eigenvalue weighted by molar-refractivity contribution is -0.128. The molecule has 0 unspecified atom stereocenters. The molecule has 2 N–H and O–H groups in total. The molecular formula is C8H15ClN2O. The highest BCUT2D eigenvalue weighted by Crippen LogP contribution is 2.35. The van der Waals surface area contributed by atoms with Crippen LogP contribution in [0.3, 0.4) is 0 Å². The fourth-order valence-electron chi connectivity index (χ4n) is 2.10. The zero-order chi connectivity index (χ0) is 7.73. The lowest BCUT2D eigenvalue weighted by Crippen LogP contribution is -3.00. The summed E-state index contributed by atoms with van der Waals surface area (Å²) < 4.78 is 0. The maximum absolute atomic E-state index is 11.4. The largest absolute Gasteiger partial charge is 1.00 e. The van der Waals surface area contributed by atoms with Crippen LogP contribution in [0.25, 0.3) is 0 Å². The SMILES string of the molecule is O=C1NCCC12CCNCC2.[Cl-].[H+]. The molecular weight excluding hydrogens is 176 g/mol. The highest BCUT2D eigenvalue weighted by Gasteiger charge is 2.42. The third-order valence-electron chi connectivity index (χ3n) is 2.93. The van der Waals surface area contributed by atoms with Crippen LogP contribution < -0.4 is 23.0 Å². The Bertz CT molecular complexity index is 183. The summed E-state index contributed by atoms with van der Waals surface area (Å²) in [6.07, 6.45) is 3.10. The molecule has 4 heteroatoms. The normalized spacial score (nSPS) is 26.5. The summed E-state index contributed by atoms with van der Waals surface area (Å²) in [7, 11) is 0. The number of rotatable bonds is 0. The van der Waals surface area contributed by atoms with Crippen molar-refractivity contribution in [3.63, 3.8) is 0 Å². The van der Waals surface area contributed by atoms with Gasteiger partial charge < -0.3 is 23.0 Å². The number of piperidine rings is 1. The molecule has 2 fully saturated rings. The molecule has 1 amide bonds. The summed E-state index contributed by atoms with van der Waals surface area (Å²) in [4.78, 5) is 11.4. The fraction of sp³-hybridized carbons (Fsp3) is 0.875. The first kappa shape index (κ1) is 9.81. The molecule has 0 aromatic heterocycles. The molecule has 2 heterocycles. The predicted molar refractivity (Wildman–Crippen MR) is 43.3 cm³/mol. The van der Waals surface area contributed by atoms with E-state index in [1.807, 2.05) is 0 Å². The molecule has 0 atom stereocenters. The highest BCUT2D eigenvalue weighted by atomic mass is 35.5. The van der Waals surface area contributed by atoms with Crippen LogP contribution in [0.2, 0.25) is 0 Å². The van der Waals surface area contributed by atoms with Crippen molar-refractivity contribution in [1.82, 2.24) is 10.6 Å². The molecule has 0 saturated carbocycles. The number of hydrogen-bond donors (Lipinski definition) is 2. The maximum Gasteiger partial charge on any atom is 1.00 e. The topological polar surface area (TPSA) is 41.1 Å². The molecule has 0 aliphatic carbocycles. The van der Waals surface area contributed by atoms with E-state index in [1.165, 1.54) is 0 Å². The van der Waals surface area contributed by atoms with Crippen molar-refractivity contribution >= 4 is 5.91 Å². The minimum atomic E-state index is 0. The van der Waals surface area contributed by atoms with Gasteiger partial charge in [-0.15, -0.1) is 0 Å². The molecule has 12 heavy (non-hydrogen) atoms. The van der Waals surface area contributed by atoms with E-state index in [0.717, 1.165) is 38.9 Å². The average molecular weight is 191 g/mol. The number of nitrogens with one attached hydrogen (secondary N) is 2. The average Bonchev–Trinajstić information content (AvgIpc) is 2.36. The Hall–Kier alpha value is -0.280. The highest BCUT2D eigenvalue weighted by molar-refractivity contribution is 5.84. The Kier molecular flexibility index (Phi) is 2.96. The van der Waals surface area contributed by atoms with E-state index in [0.29, 0.717) is 5.91 Å². The number of carbonyl (C=O) groups excluding carboxylic acids is 1. The zero-order valence-corrected chi connectivity index (χ0v) is 7.78. The first-order valence-electron chi connectivity index (χ1n) is 4.33. The molecule has 1 spiro atoms. The van der Waals surface area contributed by atoms with Gasteiger partial charge >= 0.3 is 1.43 Å². The molecule has 0 bridgehead atoms. The number of halogens is 1. The minimum Gasteiger partial charge on any atom is -1.00 e. The number of hydrogen-bond acceptors (Lipinski definition) is 2. The van der Waals surface area contributed by atoms with E-state index in [9.17, 15) is 4.79 Å². The first-order valence-corrected chi connectivity index (χ1v) is 4.33. The van der Waals surface area contributed by atoms with Crippen molar-refractivity contribution in [2.24, 2.45) is 5.41 Å².